The molecule has 1 heterocycles. The Kier molecular flexibility index (Phi) is 5.46. The van der Waals surface area contributed by atoms with Crippen molar-refractivity contribution in [3.8, 4) is 0 Å². The first-order valence-corrected chi connectivity index (χ1v) is 8.99. The minimum absolute atomic E-state index is 0.0596. The number of anilines is 1. The standard InChI is InChI=1S/C20H19ClN4O3/c1-12-4-7-15(8-5-12)11-24-19(21)18(14(3)23-24)20(26)22-16-9-6-13(2)17(10-16)25(27)28/h4-10H,11H2,1-3H3,(H,22,26). The number of aromatic nitrogens is 2. The van der Waals surface area contributed by atoms with Crippen LogP contribution in [-0.4, -0.2) is 20.6 Å². The summed E-state index contributed by atoms with van der Waals surface area (Å²) in [6.45, 7) is 5.78. The number of nitrogens with zero attached hydrogens (tertiary/aromatic N) is 3. The van der Waals surface area contributed by atoms with Gasteiger partial charge in [-0.3, -0.25) is 14.9 Å². The summed E-state index contributed by atoms with van der Waals surface area (Å²) in [4.78, 5) is 23.3. The topological polar surface area (TPSA) is 90.1 Å². The first kappa shape index (κ1) is 19.6. The zero-order valence-corrected chi connectivity index (χ0v) is 16.4. The molecule has 0 bridgehead atoms. The van der Waals surface area contributed by atoms with Crippen LogP contribution in [0.3, 0.4) is 0 Å². The monoisotopic (exact) mass is 398 g/mol. The molecule has 0 unspecified atom stereocenters. The van der Waals surface area contributed by atoms with Crippen molar-refractivity contribution in [2.75, 3.05) is 5.32 Å². The molecule has 0 atom stereocenters. The van der Waals surface area contributed by atoms with E-state index >= 15 is 0 Å². The highest BCUT2D eigenvalue weighted by molar-refractivity contribution is 6.33. The van der Waals surface area contributed by atoms with Crippen LogP contribution >= 0.6 is 11.6 Å². The van der Waals surface area contributed by atoms with Crippen LogP contribution in [0.25, 0.3) is 0 Å². The van der Waals surface area contributed by atoms with E-state index in [9.17, 15) is 14.9 Å². The van der Waals surface area contributed by atoms with E-state index in [1.807, 2.05) is 31.2 Å². The van der Waals surface area contributed by atoms with Gasteiger partial charge in [-0.05, 0) is 32.4 Å². The molecular formula is C20H19ClN4O3. The van der Waals surface area contributed by atoms with Gasteiger partial charge in [0.25, 0.3) is 11.6 Å². The number of carbonyl (C=O) groups excluding carboxylic acids is 1. The van der Waals surface area contributed by atoms with E-state index in [0.29, 0.717) is 23.5 Å². The van der Waals surface area contributed by atoms with Gasteiger partial charge in [-0.25, -0.2) is 4.68 Å². The van der Waals surface area contributed by atoms with E-state index in [4.69, 9.17) is 11.6 Å². The minimum Gasteiger partial charge on any atom is -0.322 e. The van der Waals surface area contributed by atoms with Crippen molar-refractivity contribution in [2.24, 2.45) is 0 Å². The molecule has 3 rings (SSSR count). The minimum atomic E-state index is -0.483. The molecule has 0 radical (unpaired) electrons. The SMILES string of the molecule is Cc1ccc(Cn2nc(C)c(C(=O)Nc3ccc(C)c([N+](=O)[O-])c3)c2Cl)cc1. The van der Waals surface area contributed by atoms with Crippen molar-refractivity contribution < 1.29 is 9.72 Å². The largest absolute Gasteiger partial charge is 0.322 e. The number of hydrogen-bond donors (Lipinski definition) is 1. The Morgan fingerprint density at radius 1 is 1.18 bits per heavy atom. The molecule has 0 saturated heterocycles. The molecule has 3 aromatic rings. The van der Waals surface area contributed by atoms with Crippen LogP contribution in [0.1, 0.15) is 32.7 Å². The fraction of sp³-hybridized carbons (Fsp3) is 0.200. The van der Waals surface area contributed by atoms with Crippen molar-refractivity contribution >= 4 is 28.9 Å². The molecule has 7 nitrogen and oxygen atoms in total. The van der Waals surface area contributed by atoms with Gasteiger partial charge in [0.15, 0.2) is 0 Å². The summed E-state index contributed by atoms with van der Waals surface area (Å²) >= 11 is 6.41. The molecule has 0 fully saturated rings. The van der Waals surface area contributed by atoms with Crippen LogP contribution in [0.15, 0.2) is 42.5 Å². The van der Waals surface area contributed by atoms with Gasteiger partial charge in [-0.2, -0.15) is 5.10 Å². The first-order valence-electron chi connectivity index (χ1n) is 8.61. The smallest absolute Gasteiger partial charge is 0.274 e. The number of halogens is 1. The van der Waals surface area contributed by atoms with Crippen LogP contribution in [0.2, 0.25) is 5.15 Å². The number of nitro groups is 1. The van der Waals surface area contributed by atoms with Crippen molar-refractivity contribution in [2.45, 2.75) is 27.3 Å². The predicted molar refractivity (Wildman–Crippen MR) is 108 cm³/mol. The van der Waals surface area contributed by atoms with Crippen molar-refractivity contribution in [1.29, 1.82) is 0 Å². The molecule has 0 saturated carbocycles. The lowest BCUT2D eigenvalue weighted by Crippen LogP contribution is -2.13. The molecular weight excluding hydrogens is 380 g/mol. The Labute approximate surface area is 167 Å². The third-order valence-electron chi connectivity index (χ3n) is 4.41. The quantitative estimate of drug-likeness (QED) is 0.499. The number of benzene rings is 2. The highest BCUT2D eigenvalue weighted by Gasteiger charge is 2.21. The highest BCUT2D eigenvalue weighted by Crippen LogP contribution is 2.25. The third-order valence-corrected chi connectivity index (χ3v) is 4.79. The average Bonchev–Trinajstić information content (AvgIpc) is 2.92. The zero-order chi connectivity index (χ0) is 20.4. The van der Waals surface area contributed by atoms with Crippen LogP contribution in [0.4, 0.5) is 11.4 Å². The van der Waals surface area contributed by atoms with Gasteiger partial charge in [0.2, 0.25) is 0 Å². The molecule has 8 heteroatoms. The van der Waals surface area contributed by atoms with E-state index in [0.717, 1.165) is 11.1 Å². The van der Waals surface area contributed by atoms with Gasteiger partial charge in [0, 0.05) is 17.3 Å². The van der Waals surface area contributed by atoms with Crippen LogP contribution < -0.4 is 5.32 Å². The fourth-order valence-corrected chi connectivity index (χ4v) is 3.18. The van der Waals surface area contributed by atoms with Gasteiger partial charge >= 0.3 is 0 Å². The normalized spacial score (nSPS) is 10.7. The zero-order valence-electron chi connectivity index (χ0n) is 15.7. The summed E-state index contributed by atoms with van der Waals surface area (Å²) in [5.41, 5.74) is 3.67. The maximum atomic E-state index is 12.7. The van der Waals surface area contributed by atoms with Gasteiger partial charge in [-0.15, -0.1) is 0 Å². The molecule has 2 aromatic carbocycles. The number of rotatable bonds is 5. The molecule has 1 amide bonds. The van der Waals surface area contributed by atoms with Gasteiger partial charge < -0.3 is 5.32 Å². The Hall–Kier alpha value is -3.19. The Morgan fingerprint density at radius 3 is 2.50 bits per heavy atom. The van der Waals surface area contributed by atoms with E-state index in [1.54, 1.807) is 30.7 Å². The molecule has 28 heavy (non-hydrogen) atoms. The van der Waals surface area contributed by atoms with E-state index in [1.165, 1.54) is 6.07 Å². The van der Waals surface area contributed by atoms with Crippen molar-refractivity contribution in [3.05, 3.63) is 85.7 Å². The molecule has 1 N–H and O–H groups in total. The molecule has 0 aliphatic rings. The van der Waals surface area contributed by atoms with Gasteiger partial charge in [0.1, 0.15) is 5.15 Å². The number of carbonyl (C=O) groups is 1. The average molecular weight is 399 g/mol. The second kappa shape index (κ2) is 7.82. The number of hydrogen-bond acceptors (Lipinski definition) is 4. The first-order chi connectivity index (χ1) is 13.3. The summed E-state index contributed by atoms with van der Waals surface area (Å²) in [6.07, 6.45) is 0. The Balaban J connectivity index is 1.84. The van der Waals surface area contributed by atoms with Gasteiger partial charge in [0.05, 0.1) is 22.7 Å². The third kappa shape index (κ3) is 4.04. The lowest BCUT2D eigenvalue weighted by molar-refractivity contribution is -0.385. The number of amides is 1. The lowest BCUT2D eigenvalue weighted by Gasteiger charge is -2.07. The Bertz CT molecular complexity index is 1060. The number of nitrogens with one attached hydrogen (secondary N) is 1. The van der Waals surface area contributed by atoms with E-state index in [-0.39, 0.29) is 16.4 Å². The van der Waals surface area contributed by atoms with Gasteiger partial charge in [-0.1, -0.05) is 47.5 Å². The lowest BCUT2D eigenvalue weighted by atomic mass is 10.1. The Morgan fingerprint density at radius 2 is 1.86 bits per heavy atom. The van der Waals surface area contributed by atoms with E-state index < -0.39 is 10.8 Å². The second-order valence-electron chi connectivity index (χ2n) is 6.61. The van der Waals surface area contributed by atoms with Crippen LogP contribution in [0.5, 0.6) is 0 Å². The summed E-state index contributed by atoms with van der Waals surface area (Å²) in [5.74, 6) is -0.462. The maximum absolute atomic E-state index is 12.7. The summed E-state index contributed by atoms with van der Waals surface area (Å²) < 4.78 is 1.56. The van der Waals surface area contributed by atoms with E-state index in [2.05, 4.69) is 10.4 Å². The fourth-order valence-electron chi connectivity index (χ4n) is 2.86. The number of nitro benzene ring substituents is 1. The predicted octanol–water partition coefficient (Wildman–Crippen LogP) is 4.67. The molecule has 0 aliphatic carbocycles. The summed E-state index contributed by atoms with van der Waals surface area (Å²) in [6, 6.07) is 12.5. The molecule has 0 spiro atoms. The molecule has 0 aliphatic heterocycles. The van der Waals surface area contributed by atoms with Crippen LogP contribution in [-0.2, 0) is 6.54 Å². The van der Waals surface area contributed by atoms with Crippen LogP contribution in [0, 0.1) is 30.9 Å². The second-order valence-corrected chi connectivity index (χ2v) is 6.96. The van der Waals surface area contributed by atoms with Crippen molar-refractivity contribution in [3.63, 3.8) is 0 Å². The molecule has 144 valence electrons. The van der Waals surface area contributed by atoms with Crippen molar-refractivity contribution in [1.82, 2.24) is 9.78 Å². The highest BCUT2D eigenvalue weighted by atomic mass is 35.5. The summed E-state index contributed by atoms with van der Waals surface area (Å²) in [5, 5.41) is 18.3. The molecule has 1 aromatic heterocycles. The maximum Gasteiger partial charge on any atom is 0.274 e. The summed E-state index contributed by atoms with van der Waals surface area (Å²) in [7, 11) is 0. The number of aryl methyl sites for hydroxylation is 3.